The van der Waals surface area contributed by atoms with Crippen LogP contribution >= 0.6 is 0 Å². The Hall–Kier alpha value is -2.45. The molecule has 3 saturated heterocycles. The summed E-state index contributed by atoms with van der Waals surface area (Å²) >= 11 is 0. The number of ether oxygens (including phenoxy) is 1. The van der Waals surface area contributed by atoms with Crippen LogP contribution in [0.15, 0.2) is 24.3 Å². The van der Waals surface area contributed by atoms with Gasteiger partial charge in [-0.2, -0.15) is 0 Å². The van der Waals surface area contributed by atoms with Crippen LogP contribution in [0.25, 0.3) is 0 Å². The number of amides is 2. The van der Waals surface area contributed by atoms with Crippen molar-refractivity contribution in [3.8, 4) is 0 Å². The van der Waals surface area contributed by atoms with Crippen LogP contribution in [-0.4, -0.2) is 91.5 Å². The van der Waals surface area contributed by atoms with E-state index in [1.54, 1.807) is 4.90 Å². The smallest absolute Gasteiger partial charge is 0.251 e. The van der Waals surface area contributed by atoms with Gasteiger partial charge >= 0.3 is 0 Å². The largest absolute Gasteiger partial charge is 0.369 e. The number of nitrogens with one attached hydrogen (secondary N) is 1. The van der Waals surface area contributed by atoms with Crippen molar-refractivity contribution in [2.24, 2.45) is 11.3 Å². The molecule has 3 aliphatic heterocycles. The summed E-state index contributed by atoms with van der Waals surface area (Å²) < 4.78 is 5.66. The van der Waals surface area contributed by atoms with Gasteiger partial charge in [-0.25, -0.2) is 0 Å². The zero-order chi connectivity index (χ0) is 25.3. The van der Waals surface area contributed by atoms with E-state index in [9.17, 15) is 14.4 Å². The van der Waals surface area contributed by atoms with Gasteiger partial charge in [-0.15, -0.1) is 0 Å². The first-order valence-electron chi connectivity index (χ1n) is 13.0. The lowest BCUT2D eigenvalue weighted by atomic mass is 9.80. The minimum absolute atomic E-state index is 0.0531. The van der Waals surface area contributed by atoms with Crippen LogP contribution in [0.4, 0.5) is 5.69 Å². The van der Waals surface area contributed by atoms with E-state index < -0.39 is 17.5 Å². The molecule has 35 heavy (non-hydrogen) atoms. The maximum atomic E-state index is 13.8. The second-order valence-corrected chi connectivity index (χ2v) is 10.9. The Morgan fingerprint density at radius 1 is 1.11 bits per heavy atom. The molecule has 0 radical (unpaired) electrons. The average Bonchev–Trinajstić information content (AvgIpc) is 3.42. The molecule has 3 fully saturated rings. The average molecular weight is 485 g/mol. The SMILES string of the molecule is CCN1CCN(c2ccc(C(=O)NC(C(=O)N3C[C@@H](C)[C@H]4OCC(=O)[C@H]43)C(C)(C)CC)cc2)CC1. The Morgan fingerprint density at radius 2 is 1.77 bits per heavy atom. The van der Waals surface area contributed by atoms with Gasteiger partial charge in [0.15, 0.2) is 5.78 Å². The second kappa shape index (κ2) is 10.3. The number of likely N-dealkylation sites (N-methyl/N-ethyl adjacent to an activating group) is 1. The normalized spacial score (nSPS) is 26.1. The van der Waals surface area contributed by atoms with Gasteiger partial charge in [0.05, 0.1) is 6.10 Å². The molecule has 0 bridgehead atoms. The van der Waals surface area contributed by atoms with Crippen LogP contribution in [0.3, 0.4) is 0 Å². The number of ketones is 1. The van der Waals surface area contributed by atoms with Crippen molar-refractivity contribution in [3.05, 3.63) is 29.8 Å². The second-order valence-electron chi connectivity index (χ2n) is 10.9. The summed E-state index contributed by atoms with van der Waals surface area (Å²) in [5, 5.41) is 3.02. The molecule has 4 atom stereocenters. The van der Waals surface area contributed by atoms with Gasteiger partial charge in [0, 0.05) is 49.9 Å². The molecule has 4 rings (SSSR count). The number of benzene rings is 1. The number of fused-ring (bicyclic) bond motifs is 1. The van der Waals surface area contributed by atoms with Gasteiger partial charge in [0.25, 0.3) is 5.91 Å². The third-order valence-corrected chi connectivity index (χ3v) is 8.25. The lowest BCUT2D eigenvalue weighted by molar-refractivity contribution is -0.140. The quantitative estimate of drug-likeness (QED) is 0.639. The molecular formula is C27H40N4O4. The molecule has 8 nitrogen and oxygen atoms in total. The third kappa shape index (κ3) is 5.09. The van der Waals surface area contributed by atoms with Gasteiger partial charge < -0.3 is 24.8 Å². The summed E-state index contributed by atoms with van der Waals surface area (Å²) in [5.74, 6) is -0.440. The highest BCUT2D eigenvalue weighted by Gasteiger charge is 2.52. The first kappa shape index (κ1) is 25.6. The predicted molar refractivity (Wildman–Crippen MR) is 136 cm³/mol. The number of nitrogens with zero attached hydrogens (tertiary/aromatic N) is 3. The van der Waals surface area contributed by atoms with E-state index in [1.165, 1.54) is 0 Å². The zero-order valence-corrected chi connectivity index (χ0v) is 21.8. The van der Waals surface area contributed by atoms with Gasteiger partial charge in [0.2, 0.25) is 5.91 Å². The van der Waals surface area contributed by atoms with Crippen LogP contribution in [0.2, 0.25) is 0 Å². The molecular weight excluding hydrogens is 444 g/mol. The minimum Gasteiger partial charge on any atom is -0.369 e. The summed E-state index contributed by atoms with van der Waals surface area (Å²) in [7, 11) is 0. The Balaban J connectivity index is 1.48. The fourth-order valence-electron chi connectivity index (χ4n) is 5.44. The van der Waals surface area contributed by atoms with Crippen molar-refractivity contribution in [2.45, 2.75) is 59.2 Å². The van der Waals surface area contributed by atoms with Crippen LogP contribution in [0.1, 0.15) is 51.4 Å². The summed E-state index contributed by atoms with van der Waals surface area (Å²) in [6, 6.07) is 6.36. The highest BCUT2D eigenvalue weighted by molar-refractivity contribution is 5.99. The Labute approximate surface area is 209 Å². The van der Waals surface area contributed by atoms with Crippen molar-refractivity contribution >= 4 is 23.3 Å². The van der Waals surface area contributed by atoms with Crippen molar-refractivity contribution in [1.29, 1.82) is 0 Å². The minimum atomic E-state index is -0.735. The number of piperazine rings is 1. The molecule has 0 saturated carbocycles. The van der Waals surface area contributed by atoms with E-state index in [0.29, 0.717) is 18.5 Å². The highest BCUT2D eigenvalue weighted by Crippen LogP contribution is 2.35. The van der Waals surface area contributed by atoms with Crippen LogP contribution in [0, 0.1) is 11.3 Å². The van der Waals surface area contributed by atoms with Crippen LogP contribution in [-0.2, 0) is 14.3 Å². The van der Waals surface area contributed by atoms with E-state index in [-0.39, 0.29) is 36.2 Å². The molecule has 3 aliphatic rings. The number of anilines is 1. The highest BCUT2D eigenvalue weighted by atomic mass is 16.5. The van der Waals surface area contributed by atoms with Crippen molar-refractivity contribution in [3.63, 3.8) is 0 Å². The van der Waals surface area contributed by atoms with Crippen molar-refractivity contribution in [1.82, 2.24) is 15.1 Å². The van der Waals surface area contributed by atoms with Gasteiger partial charge in [0.1, 0.15) is 18.7 Å². The molecule has 192 valence electrons. The van der Waals surface area contributed by atoms with E-state index in [4.69, 9.17) is 4.74 Å². The first-order chi connectivity index (χ1) is 16.7. The number of carbonyl (C=O) groups is 3. The number of Topliss-reactive ketones (excluding diaryl/α,β-unsaturated/α-hetero) is 1. The van der Waals surface area contributed by atoms with Gasteiger partial charge in [-0.1, -0.05) is 34.6 Å². The molecule has 3 heterocycles. The molecule has 1 aromatic rings. The molecule has 2 amide bonds. The number of rotatable bonds is 7. The molecule has 0 aliphatic carbocycles. The molecule has 8 heteroatoms. The first-order valence-corrected chi connectivity index (χ1v) is 13.0. The maximum absolute atomic E-state index is 13.8. The zero-order valence-electron chi connectivity index (χ0n) is 21.8. The molecule has 0 aromatic heterocycles. The van der Waals surface area contributed by atoms with Crippen molar-refractivity contribution in [2.75, 3.05) is 50.8 Å². The lowest BCUT2D eigenvalue weighted by Crippen LogP contribution is -2.57. The molecule has 1 unspecified atom stereocenters. The fraction of sp³-hybridized carbons (Fsp3) is 0.667. The molecule has 1 aromatic carbocycles. The van der Waals surface area contributed by atoms with E-state index in [2.05, 4.69) is 22.0 Å². The van der Waals surface area contributed by atoms with Gasteiger partial charge in [-0.3, -0.25) is 14.4 Å². The van der Waals surface area contributed by atoms with Crippen LogP contribution in [0.5, 0.6) is 0 Å². The maximum Gasteiger partial charge on any atom is 0.251 e. The Morgan fingerprint density at radius 3 is 2.37 bits per heavy atom. The number of carbonyl (C=O) groups excluding carboxylic acids is 3. The number of hydrogen-bond acceptors (Lipinski definition) is 6. The Kier molecular flexibility index (Phi) is 7.52. The van der Waals surface area contributed by atoms with E-state index in [0.717, 1.165) is 38.4 Å². The predicted octanol–water partition coefficient (Wildman–Crippen LogP) is 2.18. The fourth-order valence-corrected chi connectivity index (χ4v) is 5.44. The van der Waals surface area contributed by atoms with Crippen molar-refractivity contribution < 1.29 is 19.1 Å². The number of likely N-dealkylation sites (tertiary alicyclic amines) is 1. The number of hydrogen-bond donors (Lipinski definition) is 1. The monoisotopic (exact) mass is 484 g/mol. The third-order valence-electron chi connectivity index (χ3n) is 8.25. The van der Waals surface area contributed by atoms with E-state index >= 15 is 0 Å². The van der Waals surface area contributed by atoms with Gasteiger partial charge in [-0.05, 0) is 42.6 Å². The summed E-state index contributed by atoms with van der Waals surface area (Å²) in [5.41, 5.74) is 1.16. The molecule has 0 spiro atoms. The van der Waals surface area contributed by atoms with E-state index in [1.807, 2.05) is 52.0 Å². The summed E-state index contributed by atoms with van der Waals surface area (Å²) in [6.07, 6.45) is 0.452. The standard InChI is InChI=1S/C27H40N4O4/c1-6-27(4,5)24(26(34)31-16-18(3)23-22(31)21(32)17-35-23)28-25(33)19-8-10-20(11-9-19)30-14-12-29(7-2)13-15-30/h8-11,18,22-24H,6-7,12-17H2,1-5H3,(H,28,33)/t18-,22-,23-,24?/m1/s1. The van der Waals surface area contributed by atoms with Crippen LogP contribution < -0.4 is 10.2 Å². The lowest BCUT2D eigenvalue weighted by Gasteiger charge is -2.37. The summed E-state index contributed by atoms with van der Waals surface area (Å²) in [4.78, 5) is 45.9. The Bertz CT molecular complexity index is 939. The topological polar surface area (TPSA) is 82.2 Å². The molecule has 1 N–H and O–H groups in total. The summed E-state index contributed by atoms with van der Waals surface area (Å²) in [6.45, 7) is 15.8.